The third kappa shape index (κ3) is 6.00. The Morgan fingerprint density at radius 2 is 1.23 bits per heavy atom. The van der Waals surface area contributed by atoms with E-state index in [1.165, 1.54) is 0 Å². The monoisotopic (exact) mass is 712 g/mol. The van der Waals surface area contributed by atoms with Crippen LogP contribution in [0.25, 0.3) is 22.5 Å². The average molecular weight is 714 g/mol. The van der Waals surface area contributed by atoms with Crippen molar-refractivity contribution in [3.63, 3.8) is 0 Å². The van der Waals surface area contributed by atoms with Crippen LogP contribution in [0.4, 0.5) is 0 Å². The van der Waals surface area contributed by atoms with E-state index in [1.54, 1.807) is 4.80 Å². The molecule has 0 aliphatic rings. The van der Waals surface area contributed by atoms with Gasteiger partial charge in [-0.25, -0.2) is 4.98 Å². The van der Waals surface area contributed by atoms with Crippen molar-refractivity contribution >= 4 is 27.5 Å². The summed E-state index contributed by atoms with van der Waals surface area (Å²) in [6.07, 6.45) is 3.06. The molecule has 0 unspecified atom stereocenters. The summed E-state index contributed by atoms with van der Waals surface area (Å²) in [5.41, 5.74) is 6.45. The minimum absolute atomic E-state index is 0.503. The highest BCUT2D eigenvalue weighted by Crippen LogP contribution is 2.40. The van der Waals surface area contributed by atoms with Gasteiger partial charge in [0.25, 0.3) is 0 Å². The third-order valence-electron chi connectivity index (χ3n) is 8.76. The highest BCUT2D eigenvalue weighted by molar-refractivity contribution is 9.10. The Morgan fingerprint density at radius 3 is 1.79 bits per heavy atom. The second-order valence-corrected chi connectivity index (χ2v) is 12.9. The van der Waals surface area contributed by atoms with Crippen molar-refractivity contribution in [2.24, 2.45) is 0 Å². The Balaban J connectivity index is 1.28. The van der Waals surface area contributed by atoms with Gasteiger partial charge in [0.1, 0.15) is 10.4 Å². The molecule has 6 nitrogen and oxygen atoms in total. The van der Waals surface area contributed by atoms with Crippen LogP contribution >= 0.6 is 27.5 Å². The molecule has 0 atom stereocenters. The summed E-state index contributed by atoms with van der Waals surface area (Å²) in [4.78, 5) is 6.36. The minimum atomic E-state index is -0.841. The second-order valence-electron chi connectivity index (χ2n) is 11.8. The van der Waals surface area contributed by atoms with Crippen LogP contribution in [0.5, 0.6) is 0 Å². The largest absolute Gasteiger partial charge is 0.317 e. The van der Waals surface area contributed by atoms with Gasteiger partial charge in [-0.3, -0.25) is 0 Å². The molecule has 5 aromatic carbocycles. The van der Waals surface area contributed by atoms with Crippen molar-refractivity contribution in [1.82, 2.24) is 29.8 Å². The van der Waals surface area contributed by atoms with Crippen LogP contribution < -0.4 is 0 Å². The highest BCUT2D eigenvalue weighted by atomic mass is 79.9. The smallest absolute Gasteiger partial charge is 0.205 e. The number of hydrogen-bond donors (Lipinski definition) is 0. The van der Waals surface area contributed by atoms with Crippen LogP contribution in [0.3, 0.4) is 0 Å². The molecule has 7 aromatic rings. The van der Waals surface area contributed by atoms with Crippen molar-refractivity contribution < 1.29 is 0 Å². The summed E-state index contributed by atoms with van der Waals surface area (Å²) in [5, 5.41) is 15.1. The van der Waals surface area contributed by atoms with Gasteiger partial charge in [-0.1, -0.05) is 164 Å². The number of halogens is 2. The van der Waals surface area contributed by atoms with Gasteiger partial charge in [0, 0.05) is 18.5 Å². The number of tetrazole rings is 1. The first kappa shape index (κ1) is 31.7. The summed E-state index contributed by atoms with van der Waals surface area (Å²) in [6.45, 7) is 2.86. The Bertz CT molecular complexity index is 2010. The van der Waals surface area contributed by atoms with Gasteiger partial charge in [0.15, 0.2) is 10.7 Å². The highest BCUT2D eigenvalue weighted by Gasteiger charge is 2.41. The van der Waals surface area contributed by atoms with Crippen LogP contribution in [0, 0.1) is 0 Å². The molecule has 0 saturated carbocycles. The maximum atomic E-state index is 6.40. The Hall–Kier alpha value is -4.85. The normalized spacial score (nSPS) is 11.6. The Labute approximate surface area is 294 Å². The number of benzene rings is 5. The lowest BCUT2D eigenvalue weighted by atomic mass is 9.77. The van der Waals surface area contributed by atoms with Crippen LogP contribution in [0.15, 0.2) is 144 Å². The average Bonchev–Trinajstić information content (AvgIpc) is 3.74. The number of nitrogens with zero attached hydrogens (tertiary/aromatic N) is 6. The molecule has 2 aromatic heterocycles. The molecule has 0 radical (unpaired) electrons. The molecule has 2 heterocycles. The lowest BCUT2D eigenvalue weighted by Gasteiger charge is -2.34. The van der Waals surface area contributed by atoms with Crippen molar-refractivity contribution in [3.8, 4) is 22.5 Å². The standard InChI is InChI=1S/C40H34BrClN6/c1-2-3-23-36-43-38(42)37(41)47(36)28-29-24-26-30(27-25-29)34-21-13-14-22-35(34)39-44-46-48(45-39)40(31-15-7-4-8-16-31,32-17-9-5-10-18-32)33-19-11-6-12-20-33/h4-22,24-27H,2-3,23,28H2,1H3. The van der Waals surface area contributed by atoms with Gasteiger partial charge in [-0.05, 0) is 60.9 Å². The fraction of sp³-hybridized carbons (Fsp3) is 0.150. The first-order valence-corrected chi connectivity index (χ1v) is 17.3. The van der Waals surface area contributed by atoms with E-state index in [1.807, 2.05) is 30.3 Å². The molecule has 0 fully saturated rings. The zero-order valence-electron chi connectivity index (χ0n) is 26.5. The summed E-state index contributed by atoms with van der Waals surface area (Å²) in [7, 11) is 0. The predicted molar refractivity (Wildman–Crippen MR) is 196 cm³/mol. The number of unbranched alkanes of at least 4 members (excludes halogenated alkanes) is 1. The maximum absolute atomic E-state index is 6.40. The topological polar surface area (TPSA) is 61.4 Å². The lowest BCUT2D eigenvalue weighted by Crippen LogP contribution is -2.39. The third-order valence-corrected chi connectivity index (χ3v) is 10.1. The van der Waals surface area contributed by atoms with Crippen LogP contribution in [0.2, 0.25) is 5.15 Å². The zero-order valence-corrected chi connectivity index (χ0v) is 28.9. The molecular formula is C40H34BrClN6. The van der Waals surface area contributed by atoms with Crippen LogP contribution in [0.1, 0.15) is 47.8 Å². The summed E-state index contributed by atoms with van der Waals surface area (Å²) in [5.74, 6) is 1.55. The molecule has 0 amide bonds. The molecule has 0 aliphatic carbocycles. The van der Waals surface area contributed by atoms with E-state index in [4.69, 9.17) is 27.0 Å². The minimum Gasteiger partial charge on any atom is -0.317 e. The lowest BCUT2D eigenvalue weighted by molar-refractivity contribution is 0.396. The van der Waals surface area contributed by atoms with Crippen LogP contribution in [-0.4, -0.2) is 29.8 Å². The van der Waals surface area contributed by atoms with Gasteiger partial charge in [0.2, 0.25) is 5.82 Å². The van der Waals surface area contributed by atoms with Gasteiger partial charge < -0.3 is 4.57 Å². The number of hydrogen-bond acceptors (Lipinski definition) is 4. The molecular weight excluding hydrogens is 680 g/mol. The number of aromatic nitrogens is 6. The Kier molecular flexibility index (Phi) is 9.32. The van der Waals surface area contributed by atoms with Gasteiger partial charge in [-0.15, -0.1) is 15.0 Å². The van der Waals surface area contributed by atoms with E-state index in [0.29, 0.717) is 17.5 Å². The maximum Gasteiger partial charge on any atom is 0.205 e. The molecule has 0 bridgehead atoms. The molecule has 48 heavy (non-hydrogen) atoms. The van der Waals surface area contributed by atoms with Crippen molar-refractivity contribution in [2.75, 3.05) is 0 Å². The number of imidazole rings is 1. The van der Waals surface area contributed by atoms with E-state index >= 15 is 0 Å². The quantitative estimate of drug-likeness (QED) is 0.125. The number of rotatable bonds is 11. The molecule has 8 heteroatoms. The second kappa shape index (κ2) is 14.1. The fourth-order valence-electron chi connectivity index (χ4n) is 6.38. The molecule has 0 aliphatic heterocycles. The van der Waals surface area contributed by atoms with Crippen molar-refractivity contribution in [1.29, 1.82) is 0 Å². The molecule has 0 N–H and O–H groups in total. The van der Waals surface area contributed by atoms with Crippen molar-refractivity contribution in [3.05, 3.63) is 177 Å². The van der Waals surface area contributed by atoms with Gasteiger partial charge in [0.05, 0.1) is 0 Å². The number of aryl methyl sites for hydroxylation is 1. The zero-order chi connectivity index (χ0) is 32.9. The first-order chi connectivity index (χ1) is 23.6. The van der Waals surface area contributed by atoms with E-state index < -0.39 is 5.54 Å². The summed E-state index contributed by atoms with van der Waals surface area (Å²) in [6, 6.07) is 48.0. The molecule has 0 saturated heterocycles. The summed E-state index contributed by atoms with van der Waals surface area (Å²) >= 11 is 10.0. The SMILES string of the molecule is CCCCc1nc(Cl)c(Br)n1Cc1ccc(-c2ccccc2-c2nnn(C(c3ccccc3)(c3ccccc3)c3ccccc3)n2)cc1. The molecule has 238 valence electrons. The fourth-order valence-corrected chi connectivity index (χ4v) is 7.00. The van der Waals surface area contributed by atoms with E-state index in [0.717, 1.165) is 68.6 Å². The summed E-state index contributed by atoms with van der Waals surface area (Å²) < 4.78 is 2.97. The van der Waals surface area contributed by atoms with Crippen molar-refractivity contribution in [2.45, 2.75) is 38.3 Å². The van der Waals surface area contributed by atoms with E-state index in [2.05, 4.69) is 142 Å². The first-order valence-electron chi connectivity index (χ1n) is 16.2. The Morgan fingerprint density at radius 1 is 0.688 bits per heavy atom. The van der Waals surface area contributed by atoms with E-state index in [9.17, 15) is 0 Å². The molecule has 0 spiro atoms. The predicted octanol–water partition coefficient (Wildman–Crippen LogP) is 9.85. The van der Waals surface area contributed by atoms with E-state index in [-0.39, 0.29) is 0 Å². The van der Waals surface area contributed by atoms with Crippen LogP contribution in [-0.2, 0) is 18.5 Å². The van der Waals surface area contributed by atoms with Gasteiger partial charge >= 0.3 is 0 Å². The molecule has 7 rings (SSSR count). The van der Waals surface area contributed by atoms with Gasteiger partial charge in [-0.2, -0.15) is 0 Å².